The molecule has 6 nitrogen and oxygen atoms in total. The number of piperidine rings is 1. The maximum absolute atomic E-state index is 13.9. The molecule has 1 saturated carbocycles. The first kappa shape index (κ1) is 18.9. The number of benzene rings is 1. The third-order valence-electron chi connectivity index (χ3n) is 6.32. The highest BCUT2D eigenvalue weighted by atomic mass is 19.3. The molecule has 8 heteroatoms. The van der Waals surface area contributed by atoms with E-state index in [1.165, 1.54) is 4.57 Å². The second-order valence-electron chi connectivity index (χ2n) is 8.10. The van der Waals surface area contributed by atoms with Crippen molar-refractivity contribution in [2.24, 2.45) is 18.2 Å². The Hall–Kier alpha value is -2.48. The first-order valence-corrected chi connectivity index (χ1v) is 9.53. The van der Waals surface area contributed by atoms with Gasteiger partial charge in [-0.05, 0) is 23.8 Å². The fourth-order valence-electron chi connectivity index (χ4n) is 4.72. The summed E-state index contributed by atoms with van der Waals surface area (Å²) in [5.74, 6) is -2.04. The zero-order chi connectivity index (χ0) is 20.1. The topological polar surface area (TPSA) is 90.2 Å². The molecule has 2 heterocycles. The lowest BCUT2D eigenvalue weighted by Gasteiger charge is -2.42. The molecule has 1 saturated heterocycles. The molecule has 2 aliphatic rings. The number of hydrogen-bond acceptors (Lipinski definition) is 5. The van der Waals surface area contributed by atoms with E-state index in [-0.39, 0.29) is 24.2 Å². The van der Waals surface area contributed by atoms with Gasteiger partial charge in [0, 0.05) is 39.0 Å². The van der Waals surface area contributed by atoms with Gasteiger partial charge in [0.05, 0.1) is 5.56 Å². The highest BCUT2D eigenvalue weighted by Crippen LogP contribution is 2.52. The largest absolute Gasteiger partial charge is 0.383 e. The third kappa shape index (κ3) is 3.05. The number of nitrogen functional groups attached to an aromatic ring is 1. The van der Waals surface area contributed by atoms with Gasteiger partial charge in [0.2, 0.25) is 11.9 Å². The summed E-state index contributed by atoms with van der Waals surface area (Å²) in [6, 6.07) is 8.69. The molecule has 1 spiro atoms. The summed E-state index contributed by atoms with van der Waals surface area (Å²) in [4.78, 5) is 19.4. The first-order chi connectivity index (χ1) is 13.2. The Kier molecular flexibility index (Phi) is 4.41. The minimum absolute atomic E-state index is 0.156. The molecule has 0 radical (unpaired) electrons. The van der Waals surface area contributed by atoms with Crippen molar-refractivity contribution in [3.63, 3.8) is 0 Å². The number of aromatic nitrogens is 2. The van der Waals surface area contributed by atoms with Gasteiger partial charge in [-0.2, -0.15) is 4.98 Å². The smallest absolute Gasteiger partial charge is 0.264 e. The summed E-state index contributed by atoms with van der Waals surface area (Å²) in [6.07, 6.45) is 0.707. The van der Waals surface area contributed by atoms with Crippen molar-refractivity contribution in [1.29, 1.82) is 0 Å². The standard InChI is InChI=1S/C20H25F2N5O/c1-26-17(28)15(13-5-3-2-4-6-13)16(24)25-18(26)27-9-7-19(8-10-27)12-20(21,22)11-14(19)23/h2-6,14H,7-12,23-24H2,1H3/t14-/m1/s1. The van der Waals surface area contributed by atoms with Crippen LogP contribution in [0.3, 0.4) is 0 Å². The lowest BCUT2D eigenvalue weighted by atomic mass is 9.74. The van der Waals surface area contributed by atoms with Gasteiger partial charge in [0.1, 0.15) is 5.82 Å². The van der Waals surface area contributed by atoms with Crippen LogP contribution in [0.4, 0.5) is 20.5 Å². The summed E-state index contributed by atoms with van der Waals surface area (Å²) in [5.41, 5.74) is 12.5. The molecule has 150 valence electrons. The molecule has 2 aromatic rings. The number of nitrogens with zero attached hydrogens (tertiary/aromatic N) is 3. The average Bonchev–Trinajstić information content (AvgIpc) is 2.88. The second kappa shape index (κ2) is 6.55. The van der Waals surface area contributed by atoms with Crippen LogP contribution in [0.15, 0.2) is 35.1 Å². The maximum atomic E-state index is 13.9. The van der Waals surface area contributed by atoms with Crippen molar-refractivity contribution in [3.8, 4) is 11.1 Å². The third-order valence-corrected chi connectivity index (χ3v) is 6.32. The number of rotatable bonds is 2. The van der Waals surface area contributed by atoms with Crippen LogP contribution in [-0.4, -0.2) is 34.6 Å². The molecule has 1 aliphatic heterocycles. The second-order valence-corrected chi connectivity index (χ2v) is 8.10. The van der Waals surface area contributed by atoms with Gasteiger partial charge in [-0.15, -0.1) is 0 Å². The van der Waals surface area contributed by atoms with E-state index in [0.29, 0.717) is 37.4 Å². The van der Waals surface area contributed by atoms with Gasteiger partial charge >= 0.3 is 0 Å². The normalized spacial score (nSPS) is 23.3. The van der Waals surface area contributed by atoms with E-state index in [9.17, 15) is 13.6 Å². The van der Waals surface area contributed by atoms with Crippen LogP contribution >= 0.6 is 0 Å². The molecule has 0 amide bonds. The van der Waals surface area contributed by atoms with Crippen molar-refractivity contribution in [2.75, 3.05) is 23.7 Å². The molecule has 2 fully saturated rings. The molecule has 0 bridgehead atoms. The Bertz CT molecular complexity index is 936. The fourth-order valence-corrected chi connectivity index (χ4v) is 4.72. The van der Waals surface area contributed by atoms with E-state index in [0.717, 1.165) is 5.56 Å². The first-order valence-electron chi connectivity index (χ1n) is 9.53. The van der Waals surface area contributed by atoms with E-state index in [1.54, 1.807) is 7.05 Å². The van der Waals surface area contributed by atoms with Crippen molar-refractivity contribution >= 4 is 11.8 Å². The summed E-state index contributed by atoms with van der Waals surface area (Å²) in [7, 11) is 1.66. The molecule has 28 heavy (non-hydrogen) atoms. The Morgan fingerprint density at radius 2 is 1.82 bits per heavy atom. The highest BCUT2D eigenvalue weighted by Gasteiger charge is 2.55. The van der Waals surface area contributed by atoms with Gasteiger partial charge in [-0.3, -0.25) is 9.36 Å². The molecule has 1 aromatic carbocycles. The summed E-state index contributed by atoms with van der Waals surface area (Å²) < 4.78 is 29.2. The van der Waals surface area contributed by atoms with Gasteiger partial charge in [0.25, 0.3) is 5.56 Å². The summed E-state index contributed by atoms with van der Waals surface area (Å²) >= 11 is 0. The Balaban J connectivity index is 1.61. The molecule has 0 unspecified atom stereocenters. The lowest BCUT2D eigenvalue weighted by Crippen LogP contribution is -2.48. The molecule has 4 rings (SSSR count). The van der Waals surface area contributed by atoms with Crippen molar-refractivity contribution in [2.45, 2.75) is 37.6 Å². The molecular formula is C20H25F2N5O. The van der Waals surface area contributed by atoms with Crippen LogP contribution in [0.2, 0.25) is 0 Å². The molecule has 1 aliphatic carbocycles. The number of hydrogen-bond donors (Lipinski definition) is 2. The number of nitrogens with two attached hydrogens (primary N) is 2. The van der Waals surface area contributed by atoms with Crippen LogP contribution in [0, 0.1) is 5.41 Å². The van der Waals surface area contributed by atoms with Crippen LogP contribution in [0.1, 0.15) is 25.7 Å². The molecular weight excluding hydrogens is 364 g/mol. The Morgan fingerprint density at radius 3 is 2.39 bits per heavy atom. The van der Waals surface area contributed by atoms with Crippen LogP contribution in [0.25, 0.3) is 11.1 Å². The lowest BCUT2D eigenvalue weighted by molar-refractivity contribution is -0.00686. The zero-order valence-electron chi connectivity index (χ0n) is 15.9. The van der Waals surface area contributed by atoms with Gasteiger partial charge in [0.15, 0.2) is 0 Å². The molecule has 1 aromatic heterocycles. The number of anilines is 2. The quantitative estimate of drug-likeness (QED) is 0.823. The van der Waals surface area contributed by atoms with Crippen LogP contribution < -0.4 is 21.9 Å². The average molecular weight is 389 g/mol. The maximum Gasteiger partial charge on any atom is 0.264 e. The SMILES string of the molecule is Cn1c(N2CCC3(CC2)CC(F)(F)C[C@H]3N)nc(N)c(-c2ccccc2)c1=O. The predicted molar refractivity (Wildman–Crippen MR) is 105 cm³/mol. The summed E-state index contributed by atoms with van der Waals surface area (Å²) in [6.45, 7) is 1.04. The predicted octanol–water partition coefficient (Wildman–Crippen LogP) is 2.37. The van der Waals surface area contributed by atoms with E-state index in [1.807, 2.05) is 35.2 Å². The van der Waals surface area contributed by atoms with Gasteiger partial charge < -0.3 is 16.4 Å². The minimum Gasteiger partial charge on any atom is -0.383 e. The molecule has 1 atom stereocenters. The van der Waals surface area contributed by atoms with E-state index >= 15 is 0 Å². The van der Waals surface area contributed by atoms with Crippen LogP contribution in [0.5, 0.6) is 0 Å². The fraction of sp³-hybridized carbons (Fsp3) is 0.500. The summed E-state index contributed by atoms with van der Waals surface area (Å²) in [5, 5.41) is 0. The van der Waals surface area contributed by atoms with E-state index < -0.39 is 17.4 Å². The van der Waals surface area contributed by atoms with Crippen molar-refractivity contribution in [3.05, 3.63) is 40.7 Å². The van der Waals surface area contributed by atoms with E-state index in [4.69, 9.17) is 11.5 Å². The van der Waals surface area contributed by atoms with Crippen molar-refractivity contribution < 1.29 is 8.78 Å². The Labute approximate surface area is 162 Å². The van der Waals surface area contributed by atoms with Crippen molar-refractivity contribution in [1.82, 2.24) is 9.55 Å². The molecule has 4 N–H and O–H groups in total. The zero-order valence-corrected chi connectivity index (χ0v) is 15.9. The minimum atomic E-state index is -2.69. The van der Waals surface area contributed by atoms with Gasteiger partial charge in [-0.25, -0.2) is 8.78 Å². The van der Waals surface area contributed by atoms with E-state index in [2.05, 4.69) is 4.98 Å². The van der Waals surface area contributed by atoms with Crippen LogP contribution in [-0.2, 0) is 7.05 Å². The number of halogens is 2. The monoisotopic (exact) mass is 389 g/mol. The highest BCUT2D eigenvalue weighted by molar-refractivity contribution is 5.73. The van der Waals surface area contributed by atoms with Gasteiger partial charge in [-0.1, -0.05) is 30.3 Å². The number of alkyl halides is 2. The Morgan fingerprint density at radius 1 is 1.18 bits per heavy atom.